The lowest BCUT2D eigenvalue weighted by atomic mass is 10.3. The third kappa shape index (κ3) is 1.69. The van der Waals surface area contributed by atoms with E-state index in [0.29, 0.717) is 24.9 Å². The van der Waals surface area contributed by atoms with E-state index in [4.69, 9.17) is 9.47 Å². The van der Waals surface area contributed by atoms with Gasteiger partial charge in [-0.05, 0) is 0 Å². The maximum atomic E-state index is 12.0. The molecular weight excluding hydrogens is 252 g/mol. The normalized spacial score (nSPS) is 18.9. The van der Waals surface area contributed by atoms with E-state index >= 15 is 0 Å². The van der Waals surface area contributed by atoms with Crippen molar-refractivity contribution in [1.82, 2.24) is 0 Å². The van der Waals surface area contributed by atoms with Crippen LogP contribution < -0.4 is 10.2 Å². The minimum absolute atomic E-state index is 0.0261. The molecule has 0 aromatic carbocycles. The van der Waals surface area contributed by atoms with Crippen LogP contribution in [0.1, 0.15) is 5.56 Å². The summed E-state index contributed by atoms with van der Waals surface area (Å²) in [6.45, 7) is 1.06. The lowest BCUT2D eigenvalue weighted by Crippen LogP contribution is -2.20. The molecule has 1 aromatic heterocycles. The number of fused-ring (bicyclic) bond motifs is 2. The van der Waals surface area contributed by atoms with Gasteiger partial charge in [-0.1, -0.05) is 11.8 Å². The molecule has 1 aromatic rings. The molecule has 15 heavy (non-hydrogen) atoms. The van der Waals surface area contributed by atoms with Crippen LogP contribution in [0.5, 0.6) is 5.75 Å². The maximum Gasteiger partial charge on any atom is 0.229 e. The molecule has 3 heterocycles. The zero-order valence-electron chi connectivity index (χ0n) is 7.78. The second kappa shape index (κ2) is 4.01. The molecule has 0 N–H and O–H groups in total. The van der Waals surface area contributed by atoms with E-state index in [1.54, 1.807) is 34.9 Å². The summed E-state index contributed by atoms with van der Waals surface area (Å²) in [4.78, 5) is 12.0. The van der Waals surface area contributed by atoms with Crippen molar-refractivity contribution in [3.63, 3.8) is 0 Å². The molecule has 0 saturated carbocycles. The van der Waals surface area contributed by atoms with E-state index in [9.17, 15) is 4.79 Å². The molecule has 0 fully saturated rings. The molecule has 0 spiro atoms. The Morgan fingerprint density at radius 3 is 3.07 bits per heavy atom. The number of rotatable bonds is 0. The fraction of sp³-hybridized carbons (Fsp3) is 0.444. The average Bonchev–Trinajstić information content (AvgIpc) is 2.30. The Morgan fingerprint density at radius 1 is 1.20 bits per heavy atom. The van der Waals surface area contributed by atoms with Crippen LogP contribution in [0.15, 0.2) is 13.2 Å². The Morgan fingerprint density at radius 2 is 2.13 bits per heavy atom. The lowest BCUT2D eigenvalue weighted by molar-refractivity contribution is 0.161. The van der Waals surface area contributed by atoms with E-state index in [0.717, 1.165) is 19.7 Å². The molecule has 0 radical (unpaired) electrons. The second-order valence-corrected chi connectivity index (χ2v) is 6.70. The fourth-order valence-electron chi connectivity index (χ4n) is 1.49. The van der Waals surface area contributed by atoms with Gasteiger partial charge in [0.2, 0.25) is 5.43 Å². The first-order valence-corrected chi connectivity index (χ1v) is 7.31. The molecule has 2 aliphatic heterocycles. The molecule has 80 valence electrons. The first-order chi connectivity index (χ1) is 7.36. The van der Waals surface area contributed by atoms with Gasteiger partial charge in [0.15, 0.2) is 5.75 Å². The Bertz CT molecular complexity index is 417. The van der Waals surface area contributed by atoms with Gasteiger partial charge in [0.1, 0.15) is 4.21 Å². The third-order valence-electron chi connectivity index (χ3n) is 2.18. The van der Waals surface area contributed by atoms with Crippen LogP contribution in [-0.2, 0) is 11.3 Å². The summed E-state index contributed by atoms with van der Waals surface area (Å²) in [6, 6.07) is 0. The zero-order valence-corrected chi connectivity index (χ0v) is 10.2. The predicted octanol–water partition coefficient (Wildman–Crippen LogP) is 2.17. The van der Waals surface area contributed by atoms with Crippen LogP contribution in [0.4, 0.5) is 0 Å². The summed E-state index contributed by atoms with van der Waals surface area (Å²) in [6.07, 6.45) is 0. The van der Waals surface area contributed by atoms with Gasteiger partial charge in [0.05, 0.1) is 28.9 Å². The Kier molecular flexibility index (Phi) is 2.68. The lowest BCUT2D eigenvalue weighted by Gasteiger charge is -2.20. The molecule has 0 saturated heterocycles. The number of hydrogen-bond acceptors (Lipinski definition) is 6. The number of hydrogen-bond donors (Lipinski definition) is 0. The van der Waals surface area contributed by atoms with Gasteiger partial charge in [0, 0.05) is 5.75 Å². The summed E-state index contributed by atoms with van der Waals surface area (Å²) in [7, 11) is 0. The molecule has 0 amide bonds. The summed E-state index contributed by atoms with van der Waals surface area (Å²) >= 11 is 4.98. The summed E-state index contributed by atoms with van der Waals surface area (Å²) in [5.41, 5.74) is 0.802. The molecule has 3 rings (SSSR count). The molecule has 0 bridgehead atoms. The molecule has 3 nitrogen and oxygen atoms in total. The Hall–Kier alpha value is -0.170. The van der Waals surface area contributed by atoms with E-state index in [1.807, 2.05) is 0 Å². The molecular formula is C9H8O3S3. The van der Waals surface area contributed by atoms with Gasteiger partial charge in [-0.25, -0.2) is 0 Å². The highest BCUT2D eigenvalue weighted by atomic mass is 32.2. The van der Waals surface area contributed by atoms with Crippen molar-refractivity contribution in [2.24, 2.45) is 0 Å². The SMILES string of the molecule is O=c1c2c(sc3c1OCCS3)SCOC2. The van der Waals surface area contributed by atoms with E-state index < -0.39 is 0 Å². The van der Waals surface area contributed by atoms with Crippen molar-refractivity contribution < 1.29 is 9.47 Å². The van der Waals surface area contributed by atoms with Gasteiger partial charge in [0.25, 0.3) is 0 Å². The maximum absolute atomic E-state index is 12.0. The van der Waals surface area contributed by atoms with Gasteiger partial charge in [-0.2, -0.15) is 0 Å². The standard InChI is InChI=1S/C9H8O3S3/c10-6-5-3-11-4-14-8(5)15-9-7(6)12-1-2-13-9/h1-4H2. The van der Waals surface area contributed by atoms with Crippen LogP contribution in [0.2, 0.25) is 0 Å². The van der Waals surface area contributed by atoms with Gasteiger partial charge in [-0.15, -0.1) is 23.1 Å². The van der Waals surface area contributed by atoms with Gasteiger partial charge in [-0.3, -0.25) is 4.79 Å². The van der Waals surface area contributed by atoms with Crippen molar-refractivity contribution in [3.8, 4) is 5.75 Å². The van der Waals surface area contributed by atoms with Crippen molar-refractivity contribution in [2.75, 3.05) is 18.3 Å². The quantitative estimate of drug-likeness (QED) is 0.714. The minimum atomic E-state index is 0.0261. The van der Waals surface area contributed by atoms with Crippen molar-refractivity contribution in [3.05, 3.63) is 15.8 Å². The van der Waals surface area contributed by atoms with E-state index in [1.165, 1.54) is 0 Å². The minimum Gasteiger partial charge on any atom is -0.487 e. The van der Waals surface area contributed by atoms with Gasteiger partial charge < -0.3 is 9.47 Å². The highest BCUT2D eigenvalue weighted by Crippen LogP contribution is 2.41. The van der Waals surface area contributed by atoms with E-state index in [-0.39, 0.29) is 5.43 Å². The smallest absolute Gasteiger partial charge is 0.229 e. The topological polar surface area (TPSA) is 35.5 Å². The van der Waals surface area contributed by atoms with Crippen molar-refractivity contribution >= 4 is 34.9 Å². The molecule has 0 atom stereocenters. The van der Waals surface area contributed by atoms with Gasteiger partial charge >= 0.3 is 0 Å². The summed E-state index contributed by atoms with van der Waals surface area (Å²) in [5.74, 6) is 2.12. The van der Waals surface area contributed by atoms with Crippen molar-refractivity contribution in [1.29, 1.82) is 0 Å². The largest absolute Gasteiger partial charge is 0.487 e. The van der Waals surface area contributed by atoms with Crippen LogP contribution in [0, 0.1) is 0 Å². The monoisotopic (exact) mass is 260 g/mol. The molecule has 0 unspecified atom stereocenters. The predicted molar refractivity (Wildman–Crippen MR) is 62.3 cm³/mol. The summed E-state index contributed by atoms with van der Waals surface area (Å²) in [5, 5.41) is 0. The van der Waals surface area contributed by atoms with Crippen LogP contribution >= 0.6 is 34.9 Å². The molecule has 2 aliphatic rings. The van der Waals surface area contributed by atoms with Crippen LogP contribution in [-0.4, -0.2) is 18.3 Å². The number of thioether (sulfide) groups is 2. The van der Waals surface area contributed by atoms with Crippen molar-refractivity contribution in [2.45, 2.75) is 15.0 Å². The van der Waals surface area contributed by atoms with E-state index in [2.05, 4.69) is 0 Å². The molecule has 0 aliphatic carbocycles. The van der Waals surface area contributed by atoms with Crippen LogP contribution in [0.3, 0.4) is 0 Å². The third-order valence-corrected chi connectivity index (χ3v) is 5.80. The Balaban J connectivity index is 2.20. The second-order valence-electron chi connectivity index (χ2n) is 3.12. The average molecular weight is 260 g/mol. The molecule has 6 heteroatoms. The summed E-state index contributed by atoms with van der Waals surface area (Å²) < 4.78 is 12.8. The number of ether oxygens (including phenoxy) is 2. The fourth-order valence-corrected chi connectivity index (χ4v) is 4.94. The highest BCUT2D eigenvalue weighted by molar-refractivity contribution is 8.03. The van der Waals surface area contributed by atoms with Crippen LogP contribution in [0.25, 0.3) is 0 Å². The first-order valence-electron chi connectivity index (χ1n) is 4.52. The Labute approximate surface area is 99.2 Å². The zero-order chi connectivity index (χ0) is 10.3. The highest BCUT2D eigenvalue weighted by Gasteiger charge is 2.23. The first kappa shape index (κ1) is 10.0.